The Morgan fingerprint density at radius 2 is 2.08 bits per heavy atom. The summed E-state index contributed by atoms with van der Waals surface area (Å²) in [6.07, 6.45) is 5.62. The molecule has 12 heavy (non-hydrogen) atoms. The fraction of sp³-hybridized carbons (Fsp3) is 1.00. The second kappa shape index (κ2) is 1.88. The highest BCUT2D eigenvalue weighted by molar-refractivity contribution is 5.12. The van der Waals surface area contributed by atoms with E-state index in [2.05, 4.69) is 5.32 Å². The van der Waals surface area contributed by atoms with Crippen molar-refractivity contribution in [2.24, 2.45) is 17.8 Å². The highest BCUT2D eigenvalue weighted by Crippen LogP contribution is 2.54. The van der Waals surface area contributed by atoms with E-state index in [9.17, 15) is 0 Å². The van der Waals surface area contributed by atoms with Crippen LogP contribution >= 0.6 is 0 Å². The third-order valence-corrected chi connectivity index (χ3v) is 4.54. The van der Waals surface area contributed by atoms with Gasteiger partial charge in [0.2, 0.25) is 0 Å². The van der Waals surface area contributed by atoms with Gasteiger partial charge in [0.1, 0.15) is 0 Å². The van der Waals surface area contributed by atoms with Gasteiger partial charge < -0.3 is 10.1 Å². The molecule has 4 rings (SSSR count). The summed E-state index contributed by atoms with van der Waals surface area (Å²) in [5.41, 5.74) is 0. The Labute approximate surface area is 72.7 Å². The van der Waals surface area contributed by atoms with E-state index in [4.69, 9.17) is 4.74 Å². The van der Waals surface area contributed by atoms with Crippen molar-refractivity contribution in [3.05, 3.63) is 0 Å². The highest BCUT2D eigenvalue weighted by atomic mass is 16.6. The van der Waals surface area contributed by atoms with Crippen molar-refractivity contribution in [1.82, 2.24) is 5.32 Å². The van der Waals surface area contributed by atoms with Crippen molar-refractivity contribution in [3.63, 3.8) is 0 Å². The maximum atomic E-state index is 5.68. The standard InChI is InChI=1S/C10H15NO/c1-2-6-4-11-9-8(6)5(1)3-7-10(9)12-7/h5-11H,1-4H2. The van der Waals surface area contributed by atoms with Crippen LogP contribution in [-0.2, 0) is 4.74 Å². The Hall–Kier alpha value is -0.0800. The number of nitrogens with one attached hydrogen (secondary N) is 1. The third-order valence-electron chi connectivity index (χ3n) is 4.54. The Morgan fingerprint density at radius 1 is 1.17 bits per heavy atom. The number of rotatable bonds is 0. The number of hydrogen-bond acceptors (Lipinski definition) is 2. The molecule has 0 amide bonds. The molecule has 0 spiro atoms. The summed E-state index contributed by atoms with van der Waals surface area (Å²) >= 11 is 0. The number of hydrogen-bond donors (Lipinski definition) is 1. The quantitative estimate of drug-likeness (QED) is 0.536. The molecule has 2 heterocycles. The molecule has 2 saturated heterocycles. The predicted octanol–water partition coefficient (Wildman–Crippen LogP) is 0.772. The lowest BCUT2D eigenvalue weighted by Gasteiger charge is -2.27. The highest BCUT2D eigenvalue weighted by Gasteiger charge is 2.60. The normalized spacial score (nSPS) is 66.0. The lowest BCUT2D eigenvalue weighted by atomic mass is 9.77. The molecule has 0 aromatic rings. The van der Waals surface area contributed by atoms with Gasteiger partial charge in [-0.25, -0.2) is 0 Å². The summed E-state index contributed by atoms with van der Waals surface area (Å²) < 4.78 is 5.68. The van der Waals surface area contributed by atoms with Gasteiger partial charge >= 0.3 is 0 Å². The molecular weight excluding hydrogens is 150 g/mol. The van der Waals surface area contributed by atoms with Gasteiger partial charge in [0.05, 0.1) is 12.2 Å². The summed E-state index contributed by atoms with van der Waals surface area (Å²) in [5, 5.41) is 3.66. The van der Waals surface area contributed by atoms with E-state index in [0.717, 1.165) is 23.8 Å². The molecule has 2 heteroatoms. The van der Waals surface area contributed by atoms with Crippen LogP contribution in [0.5, 0.6) is 0 Å². The van der Waals surface area contributed by atoms with Crippen molar-refractivity contribution in [1.29, 1.82) is 0 Å². The maximum Gasteiger partial charge on any atom is 0.0997 e. The van der Waals surface area contributed by atoms with E-state index in [1.807, 2.05) is 0 Å². The first kappa shape index (κ1) is 6.39. The number of ether oxygens (including phenoxy) is 1. The van der Waals surface area contributed by atoms with E-state index in [-0.39, 0.29) is 0 Å². The smallest absolute Gasteiger partial charge is 0.0997 e. The first-order chi connectivity index (χ1) is 5.93. The van der Waals surface area contributed by atoms with Crippen LogP contribution in [0.4, 0.5) is 0 Å². The molecular formula is C10H15NO. The zero-order chi connectivity index (χ0) is 7.71. The van der Waals surface area contributed by atoms with E-state index < -0.39 is 0 Å². The fourth-order valence-electron chi connectivity index (χ4n) is 4.02. The van der Waals surface area contributed by atoms with Gasteiger partial charge in [-0.05, 0) is 43.6 Å². The van der Waals surface area contributed by atoms with E-state index in [1.165, 1.54) is 25.8 Å². The van der Waals surface area contributed by atoms with Crippen molar-refractivity contribution < 1.29 is 4.74 Å². The minimum absolute atomic E-state index is 0.620. The van der Waals surface area contributed by atoms with Gasteiger partial charge in [-0.3, -0.25) is 0 Å². The molecule has 2 saturated carbocycles. The van der Waals surface area contributed by atoms with Gasteiger partial charge in [-0.1, -0.05) is 0 Å². The van der Waals surface area contributed by atoms with Crippen molar-refractivity contribution in [3.8, 4) is 0 Å². The number of epoxide rings is 1. The molecule has 2 aliphatic heterocycles. The molecule has 1 N–H and O–H groups in total. The molecule has 4 fully saturated rings. The summed E-state index contributed by atoms with van der Waals surface area (Å²) in [7, 11) is 0. The first-order valence-corrected chi connectivity index (χ1v) is 5.32. The monoisotopic (exact) mass is 165 g/mol. The third kappa shape index (κ3) is 0.612. The minimum atomic E-state index is 0.620. The Balaban J connectivity index is 1.74. The Morgan fingerprint density at radius 3 is 3.08 bits per heavy atom. The topological polar surface area (TPSA) is 24.6 Å². The summed E-state index contributed by atoms with van der Waals surface area (Å²) in [6.45, 7) is 1.28. The molecule has 4 aliphatic rings. The molecule has 66 valence electrons. The maximum absolute atomic E-state index is 5.68. The summed E-state index contributed by atoms with van der Waals surface area (Å²) in [4.78, 5) is 0. The zero-order valence-corrected chi connectivity index (χ0v) is 7.20. The molecule has 2 nitrogen and oxygen atoms in total. The lowest BCUT2D eigenvalue weighted by Crippen LogP contribution is -2.40. The van der Waals surface area contributed by atoms with Gasteiger partial charge in [-0.15, -0.1) is 0 Å². The van der Waals surface area contributed by atoms with Crippen LogP contribution in [0.1, 0.15) is 19.3 Å². The Bertz CT molecular complexity index is 230. The average molecular weight is 165 g/mol. The average Bonchev–Trinajstić information content (AvgIpc) is 2.57. The summed E-state index contributed by atoms with van der Waals surface area (Å²) in [5.74, 6) is 3.01. The van der Waals surface area contributed by atoms with Crippen LogP contribution in [0.2, 0.25) is 0 Å². The second-order valence-electron chi connectivity index (χ2n) is 4.98. The van der Waals surface area contributed by atoms with E-state index >= 15 is 0 Å². The first-order valence-electron chi connectivity index (χ1n) is 5.32. The van der Waals surface area contributed by atoms with Gasteiger partial charge in [-0.2, -0.15) is 0 Å². The van der Waals surface area contributed by atoms with Crippen LogP contribution < -0.4 is 5.32 Å². The lowest BCUT2D eigenvalue weighted by molar-refractivity contribution is 0.259. The van der Waals surface area contributed by atoms with Crippen LogP contribution in [0.25, 0.3) is 0 Å². The fourth-order valence-corrected chi connectivity index (χ4v) is 4.02. The van der Waals surface area contributed by atoms with Crippen LogP contribution in [-0.4, -0.2) is 24.8 Å². The van der Waals surface area contributed by atoms with E-state index in [1.54, 1.807) is 0 Å². The minimum Gasteiger partial charge on any atom is -0.368 e. The molecule has 2 aliphatic carbocycles. The molecule has 0 bridgehead atoms. The van der Waals surface area contributed by atoms with Crippen molar-refractivity contribution >= 4 is 0 Å². The molecule has 0 aromatic carbocycles. The zero-order valence-electron chi connectivity index (χ0n) is 7.20. The van der Waals surface area contributed by atoms with Gasteiger partial charge in [0, 0.05) is 6.04 Å². The SMILES string of the molecule is C1CC2CC3OC3C3NCC1C23. The van der Waals surface area contributed by atoms with Crippen LogP contribution in [0.15, 0.2) is 0 Å². The Kier molecular flexibility index (Phi) is 0.999. The molecule has 0 radical (unpaired) electrons. The number of fused-ring (bicyclic) bond motifs is 2. The molecule has 0 aromatic heterocycles. The molecule has 6 atom stereocenters. The van der Waals surface area contributed by atoms with Crippen molar-refractivity contribution in [2.75, 3.05) is 6.54 Å². The van der Waals surface area contributed by atoms with E-state index in [0.29, 0.717) is 12.2 Å². The predicted molar refractivity (Wildman–Crippen MR) is 44.8 cm³/mol. The molecule has 6 unspecified atom stereocenters. The largest absolute Gasteiger partial charge is 0.368 e. The van der Waals surface area contributed by atoms with Gasteiger partial charge in [0.25, 0.3) is 0 Å². The van der Waals surface area contributed by atoms with Crippen LogP contribution in [0.3, 0.4) is 0 Å². The van der Waals surface area contributed by atoms with Crippen LogP contribution in [0, 0.1) is 17.8 Å². The summed E-state index contributed by atoms with van der Waals surface area (Å²) in [6, 6.07) is 0.751. The van der Waals surface area contributed by atoms with Gasteiger partial charge in [0.15, 0.2) is 0 Å². The second-order valence-corrected chi connectivity index (χ2v) is 4.98. The van der Waals surface area contributed by atoms with Crippen molar-refractivity contribution in [2.45, 2.75) is 37.5 Å².